The number of halogens is 1. The van der Waals surface area contributed by atoms with E-state index in [9.17, 15) is 9.50 Å². The van der Waals surface area contributed by atoms with Gasteiger partial charge in [0.15, 0.2) is 0 Å². The number of benzene rings is 2. The summed E-state index contributed by atoms with van der Waals surface area (Å²) >= 11 is 0. The Labute approximate surface area is 117 Å². The summed E-state index contributed by atoms with van der Waals surface area (Å²) in [5.74, 6) is 0.215. The molecule has 1 unspecified atom stereocenters. The van der Waals surface area contributed by atoms with Gasteiger partial charge in [-0.25, -0.2) is 4.39 Å². The molecule has 0 fully saturated rings. The van der Waals surface area contributed by atoms with Crippen molar-refractivity contribution < 1.29 is 14.2 Å². The third kappa shape index (κ3) is 2.41. The number of hydrogen-bond acceptors (Lipinski definition) is 2. The second kappa shape index (κ2) is 5.25. The fourth-order valence-corrected chi connectivity index (χ4v) is 2.59. The van der Waals surface area contributed by atoms with Crippen LogP contribution in [-0.2, 0) is 6.42 Å². The lowest BCUT2D eigenvalue weighted by Crippen LogP contribution is -2.19. The molecule has 1 aliphatic heterocycles. The van der Waals surface area contributed by atoms with Crippen LogP contribution in [0.15, 0.2) is 42.5 Å². The molecule has 1 N–H and O–H groups in total. The fraction of sp³-hybridized carbons (Fsp3) is 0.294. The van der Waals surface area contributed by atoms with Crippen LogP contribution in [0.2, 0.25) is 0 Å². The van der Waals surface area contributed by atoms with Crippen molar-refractivity contribution in [1.82, 2.24) is 0 Å². The molecule has 0 saturated heterocycles. The van der Waals surface area contributed by atoms with E-state index in [1.807, 2.05) is 12.1 Å². The SMILES string of the molecule is CCc1ccc(C2C[C@@H](O)c3cc(F)ccc3O2)cc1. The second-order valence-electron chi connectivity index (χ2n) is 5.14. The quantitative estimate of drug-likeness (QED) is 0.897. The van der Waals surface area contributed by atoms with Crippen molar-refractivity contribution in [3.63, 3.8) is 0 Å². The monoisotopic (exact) mass is 272 g/mol. The molecule has 20 heavy (non-hydrogen) atoms. The summed E-state index contributed by atoms with van der Waals surface area (Å²) in [6, 6.07) is 12.5. The van der Waals surface area contributed by atoms with E-state index in [1.54, 1.807) is 6.07 Å². The summed E-state index contributed by atoms with van der Waals surface area (Å²) in [6.07, 6.45) is 0.567. The van der Waals surface area contributed by atoms with Crippen molar-refractivity contribution in [3.8, 4) is 5.75 Å². The molecular formula is C17H17FO2. The highest BCUT2D eigenvalue weighted by Crippen LogP contribution is 2.40. The zero-order valence-electron chi connectivity index (χ0n) is 11.3. The number of fused-ring (bicyclic) bond motifs is 1. The van der Waals surface area contributed by atoms with Crippen LogP contribution < -0.4 is 4.74 Å². The minimum absolute atomic E-state index is 0.186. The number of hydrogen-bond donors (Lipinski definition) is 1. The van der Waals surface area contributed by atoms with Crippen LogP contribution in [0.1, 0.15) is 42.2 Å². The summed E-state index contributed by atoms with van der Waals surface area (Å²) in [5.41, 5.74) is 2.84. The number of aliphatic hydroxyl groups is 1. The molecule has 1 heterocycles. The predicted octanol–water partition coefficient (Wildman–Crippen LogP) is 3.95. The lowest BCUT2D eigenvalue weighted by Gasteiger charge is -2.30. The Hall–Kier alpha value is -1.87. The summed E-state index contributed by atoms with van der Waals surface area (Å²) in [7, 11) is 0. The lowest BCUT2D eigenvalue weighted by atomic mass is 9.94. The topological polar surface area (TPSA) is 29.5 Å². The largest absolute Gasteiger partial charge is 0.485 e. The van der Waals surface area contributed by atoms with Gasteiger partial charge in [-0.15, -0.1) is 0 Å². The average molecular weight is 272 g/mol. The molecule has 3 heteroatoms. The third-order valence-corrected chi connectivity index (χ3v) is 3.80. The Morgan fingerprint density at radius 3 is 2.65 bits per heavy atom. The zero-order valence-corrected chi connectivity index (χ0v) is 11.3. The van der Waals surface area contributed by atoms with E-state index >= 15 is 0 Å². The van der Waals surface area contributed by atoms with E-state index in [1.165, 1.54) is 17.7 Å². The van der Waals surface area contributed by atoms with Gasteiger partial charge in [0, 0.05) is 12.0 Å². The van der Waals surface area contributed by atoms with Gasteiger partial charge in [-0.1, -0.05) is 31.2 Å². The molecule has 0 bridgehead atoms. The summed E-state index contributed by atoms with van der Waals surface area (Å²) < 4.78 is 19.1. The van der Waals surface area contributed by atoms with Crippen LogP contribution in [0.4, 0.5) is 4.39 Å². The maximum Gasteiger partial charge on any atom is 0.127 e. The van der Waals surface area contributed by atoms with Crippen molar-refractivity contribution in [3.05, 3.63) is 65.0 Å². The van der Waals surface area contributed by atoms with Gasteiger partial charge in [-0.05, 0) is 35.7 Å². The lowest BCUT2D eigenvalue weighted by molar-refractivity contribution is 0.0653. The van der Waals surface area contributed by atoms with E-state index in [4.69, 9.17) is 4.74 Å². The average Bonchev–Trinajstić information content (AvgIpc) is 2.48. The first-order chi connectivity index (χ1) is 9.67. The first-order valence-corrected chi connectivity index (χ1v) is 6.90. The van der Waals surface area contributed by atoms with Gasteiger partial charge < -0.3 is 9.84 Å². The number of aryl methyl sites for hydroxylation is 1. The Kier molecular flexibility index (Phi) is 3.45. The highest BCUT2D eigenvalue weighted by Gasteiger charge is 2.28. The second-order valence-corrected chi connectivity index (χ2v) is 5.14. The van der Waals surface area contributed by atoms with Crippen LogP contribution in [0, 0.1) is 5.82 Å². The molecule has 0 aliphatic carbocycles. The Morgan fingerprint density at radius 1 is 1.20 bits per heavy atom. The Morgan fingerprint density at radius 2 is 1.95 bits per heavy atom. The smallest absolute Gasteiger partial charge is 0.127 e. The minimum Gasteiger partial charge on any atom is -0.485 e. The molecule has 104 valence electrons. The molecule has 0 radical (unpaired) electrons. The fourth-order valence-electron chi connectivity index (χ4n) is 2.59. The van der Waals surface area contributed by atoms with Crippen molar-refractivity contribution in [2.24, 2.45) is 0 Å². The maximum absolute atomic E-state index is 13.2. The van der Waals surface area contributed by atoms with Crippen molar-refractivity contribution in [1.29, 1.82) is 0 Å². The molecule has 1 aliphatic rings. The van der Waals surface area contributed by atoms with Crippen molar-refractivity contribution in [2.75, 3.05) is 0 Å². The molecule has 0 saturated carbocycles. The minimum atomic E-state index is -0.690. The molecule has 2 aromatic rings. The van der Waals surface area contributed by atoms with E-state index in [-0.39, 0.29) is 11.9 Å². The van der Waals surface area contributed by atoms with Gasteiger partial charge in [-0.3, -0.25) is 0 Å². The normalized spacial score (nSPS) is 21.1. The zero-order chi connectivity index (χ0) is 14.1. The maximum atomic E-state index is 13.2. The molecule has 2 nitrogen and oxygen atoms in total. The molecular weight excluding hydrogens is 255 g/mol. The molecule has 0 aromatic heterocycles. The highest BCUT2D eigenvalue weighted by molar-refractivity contribution is 5.39. The van der Waals surface area contributed by atoms with Crippen molar-refractivity contribution in [2.45, 2.75) is 32.0 Å². The summed E-state index contributed by atoms with van der Waals surface area (Å²) in [4.78, 5) is 0. The van der Waals surface area contributed by atoms with Gasteiger partial charge in [-0.2, -0.15) is 0 Å². The van der Waals surface area contributed by atoms with Crippen LogP contribution in [0.5, 0.6) is 5.75 Å². The number of ether oxygens (including phenoxy) is 1. The van der Waals surface area contributed by atoms with Crippen LogP contribution in [0.25, 0.3) is 0 Å². The van der Waals surface area contributed by atoms with Gasteiger partial charge in [0.2, 0.25) is 0 Å². The van der Waals surface area contributed by atoms with E-state index < -0.39 is 6.10 Å². The van der Waals surface area contributed by atoms with E-state index in [2.05, 4.69) is 19.1 Å². The molecule has 0 amide bonds. The van der Waals surface area contributed by atoms with Gasteiger partial charge in [0.25, 0.3) is 0 Å². The standard InChI is InChI=1S/C17H17FO2/c1-2-11-3-5-12(6-4-11)17-10-15(19)14-9-13(18)7-8-16(14)20-17/h3-9,15,17,19H,2,10H2,1H3/t15-,17?/m1/s1. The molecule has 3 rings (SSSR count). The number of aliphatic hydroxyl groups excluding tert-OH is 1. The third-order valence-electron chi connectivity index (χ3n) is 3.80. The van der Waals surface area contributed by atoms with Gasteiger partial charge >= 0.3 is 0 Å². The Balaban J connectivity index is 1.88. The van der Waals surface area contributed by atoms with Crippen LogP contribution in [-0.4, -0.2) is 5.11 Å². The first-order valence-electron chi connectivity index (χ1n) is 6.90. The van der Waals surface area contributed by atoms with Crippen molar-refractivity contribution >= 4 is 0 Å². The molecule has 2 aromatic carbocycles. The van der Waals surface area contributed by atoms with Crippen LogP contribution in [0.3, 0.4) is 0 Å². The predicted molar refractivity (Wildman–Crippen MR) is 75.2 cm³/mol. The highest BCUT2D eigenvalue weighted by atomic mass is 19.1. The summed E-state index contributed by atoms with van der Waals surface area (Å²) in [5, 5.41) is 10.2. The van der Waals surface area contributed by atoms with Crippen LogP contribution >= 0.6 is 0 Å². The van der Waals surface area contributed by atoms with E-state index in [0.717, 1.165) is 12.0 Å². The summed E-state index contributed by atoms with van der Waals surface area (Å²) in [6.45, 7) is 2.11. The van der Waals surface area contributed by atoms with E-state index in [0.29, 0.717) is 17.7 Å². The molecule has 0 spiro atoms. The van der Waals surface area contributed by atoms with Gasteiger partial charge in [0.1, 0.15) is 17.7 Å². The molecule has 2 atom stereocenters. The Bertz CT molecular complexity index is 607. The van der Waals surface area contributed by atoms with Gasteiger partial charge in [0.05, 0.1) is 6.10 Å². The first kappa shape index (κ1) is 13.1. The number of rotatable bonds is 2.